The molecule has 5 aliphatic rings. The number of nitrogens with zero attached hydrogens (tertiary/aromatic N) is 7. The molecule has 138 heavy (non-hydrogen) atoms. The molecular weight excluding hydrogens is 1780 g/mol. The van der Waals surface area contributed by atoms with Crippen molar-refractivity contribution >= 4 is 135 Å². The number of hydrogen-bond donors (Lipinski definition) is 12. The molecule has 24 rings (SSSR count). The third kappa shape index (κ3) is 15.6. The number of pyridine rings is 5. The second-order valence-electron chi connectivity index (χ2n) is 35.2. The molecule has 0 spiro atoms. The number of halogens is 3. The third-order valence-electron chi connectivity index (χ3n) is 27.0. The molecule has 32 heteroatoms. The van der Waals surface area contributed by atoms with Crippen LogP contribution in [0.1, 0.15) is 146 Å². The van der Waals surface area contributed by atoms with Crippen LogP contribution in [0.25, 0.3) is 127 Å². The number of ketones is 1. The van der Waals surface area contributed by atoms with E-state index in [-0.39, 0.29) is 111 Å². The Morgan fingerprint density at radius 3 is 1.19 bits per heavy atom. The summed E-state index contributed by atoms with van der Waals surface area (Å²) in [4.78, 5) is 148. The zero-order chi connectivity index (χ0) is 95.5. The monoisotopic (exact) mass is 1860 g/mol. The van der Waals surface area contributed by atoms with Crippen LogP contribution in [0.3, 0.4) is 0 Å². The molecule has 0 bridgehead atoms. The van der Waals surface area contributed by atoms with Crippen LogP contribution < -0.4 is 39.3 Å². The number of benzene rings is 8. The molecule has 14 N–H and O–H groups in total. The van der Waals surface area contributed by atoms with E-state index in [1.165, 1.54) is 47.9 Å². The highest BCUT2D eigenvalue weighted by molar-refractivity contribution is 6.32. The van der Waals surface area contributed by atoms with Crippen molar-refractivity contribution in [2.24, 2.45) is 0 Å². The van der Waals surface area contributed by atoms with Gasteiger partial charge in [0.05, 0.1) is 47.8 Å². The number of aromatic carboxylic acids is 4. The van der Waals surface area contributed by atoms with Crippen LogP contribution in [-0.4, -0.2) is 113 Å². The lowest BCUT2D eigenvalue weighted by Gasteiger charge is -2.15. The third-order valence-corrected chi connectivity index (χ3v) is 27.4. The number of carboxylic acid groups (broad SMARTS) is 4. The van der Waals surface area contributed by atoms with E-state index in [1.54, 1.807) is 110 Å². The van der Waals surface area contributed by atoms with Gasteiger partial charge in [-0.1, -0.05) is 41.9 Å². The summed E-state index contributed by atoms with van der Waals surface area (Å²) in [5.74, 6) is -5.29. The highest BCUT2D eigenvalue weighted by Crippen LogP contribution is 2.45. The lowest BCUT2D eigenvalue weighted by molar-refractivity contribution is -0.114. The van der Waals surface area contributed by atoms with E-state index >= 15 is 4.39 Å². The molecule has 5 aliphatic carbocycles. The number of rotatable bonds is 16. The van der Waals surface area contributed by atoms with Crippen molar-refractivity contribution in [1.82, 2.24) is 63.4 Å². The smallest absolute Gasteiger partial charge is 0.353 e. The molecule has 8 aromatic carbocycles. The normalized spacial score (nSPS) is 13.3. The molecule has 0 atom stereocenters. The van der Waals surface area contributed by atoms with Crippen molar-refractivity contribution in [1.29, 1.82) is 0 Å². The number of nitrogen functional groups attached to an aromatic ring is 2. The van der Waals surface area contributed by atoms with Crippen LogP contribution in [0.5, 0.6) is 0 Å². The van der Waals surface area contributed by atoms with Gasteiger partial charge in [-0.25, -0.2) is 37.9 Å². The lowest BCUT2D eigenvalue weighted by Crippen LogP contribution is -2.15. The molecular formula is C106H82ClF2N15O14. The number of carboxylic acids is 4. The number of nitrogens with two attached hydrogens (primary N) is 2. The highest BCUT2D eigenvalue weighted by Gasteiger charge is 2.35. The van der Waals surface area contributed by atoms with Gasteiger partial charge in [-0.2, -0.15) is 5.10 Å². The Hall–Kier alpha value is -17.2. The number of hydrogen-bond acceptors (Lipinski definition) is 15. The van der Waals surface area contributed by atoms with Gasteiger partial charge in [0.15, 0.2) is 5.78 Å². The summed E-state index contributed by atoms with van der Waals surface area (Å²) in [6.45, 7) is 0.263. The van der Waals surface area contributed by atoms with Crippen LogP contribution in [0.15, 0.2) is 225 Å². The fourth-order valence-electron chi connectivity index (χ4n) is 20.8. The van der Waals surface area contributed by atoms with Gasteiger partial charge in [-0.3, -0.25) is 38.8 Å². The van der Waals surface area contributed by atoms with Gasteiger partial charge in [0.1, 0.15) is 40.2 Å². The number of anilines is 2. The molecule has 686 valence electrons. The number of aromatic amines is 6. The number of aromatic nitrogens is 13. The van der Waals surface area contributed by atoms with Gasteiger partial charge in [-0.05, 0) is 284 Å². The molecule has 0 radical (unpaired) electrons. The Bertz CT molecular complexity index is 8860. The SMILES string of the molecule is Nc1nc2cc(Cl)c(Cn3c(C(=O)O)c(-c4ccc[nH]c4=O)c4cc5c(cc43)CCC5)cc2c(=O)[nH]1.Nc1nc2ccccc2cc1Cn1c(C(=O)O)c(-c2ccc[nH]c2=O)c2cc3c(cc21)CCC3.O=C(O)c1c(-c2ccc[nH]c2=O)c2cc3c(cc2n1Cc1cc2cn[nH]c2cc1F)CCC3.O=C1C=Cc2cc(F)c(Cn3c(C(=O)O)c(-c4ccc[nH]c4=O)c4cc5c(cc43)CCC5)cc2C1. The first kappa shape index (κ1) is 87.4. The molecule has 0 saturated carbocycles. The number of aryl methyl sites for hydroxylation is 8. The summed E-state index contributed by atoms with van der Waals surface area (Å²) in [6.07, 6.45) is 22.3. The average Bonchev–Trinajstić information content (AvgIpc) is 1.59. The van der Waals surface area contributed by atoms with Gasteiger partial charge in [0.2, 0.25) is 5.95 Å². The summed E-state index contributed by atoms with van der Waals surface area (Å²) >= 11 is 6.57. The van der Waals surface area contributed by atoms with Crippen LogP contribution >= 0.6 is 11.6 Å². The van der Waals surface area contributed by atoms with Crippen LogP contribution in [0, 0.1) is 11.6 Å². The average molecular weight is 1860 g/mol. The standard InChI is InChI=1S/C28H21FN2O4.C27H22N4O3.C26H20ClN5O4.C25H19FN4O3/c29-23-12-17-6-7-20(32)10-18(17)9-19(23)14-31-24-13-16-4-1-3-15(16)11-22(24)25(26(31)28(34)35)21-5-2-8-30-27(21)33;28-25-18(11-17-5-1-2-9-21(17)30-25)14-31-22-13-16-7-3-6-15(16)12-20(22)23(24(31)27(33)34)19-8-4-10-29-26(19)32;27-18-10-19-16(24(34)31-26(28)30-19)8-14(18)11-32-20-9-13-4-1-3-12(13)7-17(20)21(22(32)25(35)36)15-5-2-6-29-23(15)33;26-19-10-20-15(11-28-29-20)7-16(19)12-30-21-9-14-4-1-3-13(14)8-18(21)22(23(30)25(32)33)17-5-2-6-27-24(17)31/h2,5-9,11-13H,1,3-4,10,14H2,(H,30,33)(H,34,35);1-2,4-5,8-13H,3,6-7,14H2,(H2,28,30)(H,29,32)(H,33,34);2,5-10H,1,3-4,11H2,(H,29,33)(H,35,36)(H3,28,30,31,34);2,5-11H,1,3-4,12H2,(H,27,31)(H,28,29)(H,32,33). The second-order valence-corrected chi connectivity index (χ2v) is 35.6. The molecule has 0 saturated heterocycles. The predicted octanol–water partition coefficient (Wildman–Crippen LogP) is 16.8. The number of fused-ring (bicyclic) bond motifs is 12. The number of para-hydroxylation sites is 1. The number of allylic oxidation sites excluding steroid dienone is 1. The van der Waals surface area contributed by atoms with E-state index in [1.807, 2.05) is 66.7 Å². The Labute approximate surface area is 783 Å². The summed E-state index contributed by atoms with van der Waals surface area (Å²) in [5, 5.41) is 53.0. The fraction of sp³-hybridized carbons (Fsp3) is 0.160. The number of carbonyl (C=O) groups excluding carboxylic acids is 1. The molecule has 11 heterocycles. The van der Waals surface area contributed by atoms with Gasteiger partial charge in [0, 0.05) is 158 Å². The van der Waals surface area contributed by atoms with Gasteiger partial charge in [-0.15, -0.1) is 0 Å². The number of H-pyrrole nitrogens is 6. The Balaban J connectivity index is 0.000000110. The van der Waals surface area contributed by atoms with E-state index in [0.29, 0.717) is 110 Å². The van der Waals surface area contributed by atoms with Crippen LogP contribution in [-0.2, 0) is 88.8 Å². The first-order valence-corrected chi connectivity index (χ1v) is 45.3. The zero-order valence-electron chi connectivity index (χ0n) is 73.4. The lowest BCUT2D eigenvalue weighted by atomic mass is 9.94. The van der Waals surface area contributed by atoms with Crippen molar-refractivity contribution in [3.63, 3.8) is 0 Å². The molecule has 0 aliphatic heterocycles. The number of carbonyl (C=O) groups is 5. The largest absolute Gasteiger partial charge is 0.477 e. The highest BCUT2D eigenvalue weighted by atomic mass is 35.5. The molecule has 0 unspecified atom stereocenters. The maximum Gasteiger partial charge on any atom is 0.353 e. The minimum Gasteiger partial charge on any atom is -0.477 e. The summed E-state index contributed by atoms with van der Waals surface area (Å²) in [6, 6.07) is 48.2. The Morgan fingerprint density at radius 2 is 0.768 bits per heavy atom. The van der Waals surface area contributed by atoms with Gasteiger partial charge < -0.3 is 70.1 Å². The molecule has 0 fully saturated rings. The predicted molar refractivity (Wildman–Crippen MR) is 522 cm³/mol. The van der Waals surface area contributed by atoms with Crippen molar-refractivity contribution < 1.29 is 53.2 Å². The van der Waals surface area contributed by atoms with Crippen LogP contribution in [0.4, 0.5) is 20.5 Å². The first-order chi connectivity index (χ1) is 66.7. The number of nitrogens with one attached hydrogen (secondary N) is 6. The van der Waals surface area contributed by atoms with E-state index in [4.69, 9.17) is 23.1 Å². The van der Waals surface area contributed by atoms with Crippen molar-refractivity contribution in [2.45, 2.75) is 110 Å². The van der Waals surface area contributed by atoms with Gasteiger partial charge >= 0.3 is 23.9 Å². The topological polar surface area (TPSA) is 457 Å². The van der Waals surface area contributed by atoms with E-state index < -0.39 is 41.1 Å². The van der Waals surface area contributed by atoms with E-state index in [0.717, 1.165) is 143 Å². The summed E-state index contributed by atoms with van der Waals surface area (Å²) < 4.78 is 36.8. The zero-order valence-corrected chi connectivity index (χ0v) is 74.2. The van der Waals surface area contributed by atoms with Crippen LogP contribution in [0.2, 0.25) is 5.02 Å². The molecule has 29 nitrogen and oxygen atoms in total. The second kappa shape index (κ2) is 35.0. The van der Waals surface area contributed by atoms with Crippen molar-refractivity contribution in [2.75, 3.05) is 11.5 Å². The minimum atomic E-state index is -1.20. The summed E-state index contributed by atoms with van der Waals surface area (Å²) in [7, 11) is 0. The first-order valence-electron chi connectivity index (χ1n) is 44.9. The van der Waals surface area contributed by atoms with E-state index in [2.05, 4.69) is 57.2 Å². The molecule has 11 aromatic heterocycles. The maximum atomic E-state index is 15.2. The Morgan fingerprint density at radius 1 is 0.384 bits per heavy atom. The fourth-order valence-corrected chi connectivity index (χ4v) is 21.0. The molecule has 0 amide bonds. The van der Waals surface area contributed by atoms with E-state index in [9.17, 15) is 72.8 Å². The minimum absolute atomic E-state index is 0.00854. The van der Waals surface area contributed by atoms with Gasteiger partial charge in [0.25, 0.3) is 27.8 Å². The maximum absolute atomic E-state index is 15.2. The Kier molecular flexibility index (Phi) is 22.2. The van der Waals surface area contributed by atoms with Crippen molar-refractivity contribution in [3.8, 4) is 44.5 Å². The molecule has 19 aromatic rings. The quantitative estimate of drug-likeness (QED) is 0.0427. The summed E-state index contributed by atoms with van der Waals surface area (Å²) in [5.41, 5.74) is 29.8. The van der Waals surface area contributed by atoms with Crippen molar-refractivity contribution in [3.05, 3.63) is 370 Å².